The van der Waals surface area contributed by atoms with Crippen molar-refractivity contribution >= 4 is 6.08 Å². The van der Waals surface area contributed by atoms with Gasteiger partial charge in [-0.05, 0) is 42.0 Å². The Bertz CT molecular complexity index is 615. The molecule has 0 fully saturated rings. The zero-order valence-electron chi connectivity index (χ0n) is 13.4. The smallest absolute Gasteiger partial charge is 0.0233 e. The summed E-state index contributed by atoms with van der Waals surface area (Å²) in [5, 5.41) is 0. The molecule has 1 nitrogen and oxygen atoms in total. The third-order valence-corrected chi connectivity index (χ3v) is 4.38. The Hall–Kier alpha value is -1.86. The van der Waals surface area contributed by atoms with E-state index in [0.29, 0.717) is 5.92 Å². The van der Waals surface area contributed by atoms with Gasteiger partial charge in [0.15, 0.2) is 0 Å². The summed E-state index contributed by atoms with van der Waals surface area (Å²) in [5.74, 6) is 0.579. The van der Waals surface area contributed by atoms with Gasteiger partial charge >= 0.3 is 0 Å². The number of rotatable bonds is 2. The molecule has 1 heteroatoms. The van der Waals surface area contributed by atoms with E-state index in [2.05, 4.69) is 78.6 Å². The van der Waals surface area contributed by atoms with Crippen LogP contribution in [0, 0.1) is 5.92 Å². The van der Waals surface area contributed by atoms with Gasteiger partial charge in [-0.15, -0.1) is 0 Å². The maximum absolute atomic E-state index is 2.60. The van der Waals surface area contributed by atoms with Gasteiger partial charge in [0.25, 0.3) is 0 Å². The highest BCUT2D eigenvalue weighted by molar-refractivity contribution is 5.54. The Labute approximate surface area is 134 Å². The van der Waals surface area contributed by atoms with Gasteiger partial charge in [-0.3, -0.25) is 4.90 Å². The fourth-order valence-corrected chi connectivity index (χ4v) is 3.23. The van der Waals surface area contributed by atoms with E-state index in [-0.39, 0.29) is 0 Å². The quantitative estimate of drug-likeness (QED) is 0.769. The third-order valence-electron chi connectivity index (χ3n) is 4.38. The number of hydrogen-bond acceptors (Lipinski definition) is 1. The van der Waals surface area contributed by atoms with Crippen LogP contribution in [0.25, 0.3) is 6.08 Å². The van der Waals surface area contributed by atoms with Crippen LogP contribution >= 0.6 is 0 Å². The minimum atomic E-state index is 0.579. The molecular formula is C21H25N. The van der Waals surface area contributed by atoms with Gasteiger partial charge in [0.1, 0.15) is 0 Å². The molecule has 0 radical (unpaired) electrons. The summed E-state index contributed by atoms with van der Waals surface area (Å²) >= 11 is 0. The molecule has 22 heavy (non-hydrogen) atoms. The van der Waals surface area contributed by atoms with Crippen LogP contribution in [0.2, 0.25) is 0 Å². The summed E-state index contributed by atoms with van der Waals surface area (Å²) in [7, 11) is 0. The molecule has 0 bridgehead atoms. The molecule has 3 rings (SSSR count). The Balaban J connectivity index is 1.73. The summed E-state index contributed by atoms with van der Waals surface area (Å²) in [6.45, 7) is 5.67. The van der Waals surface area contributed by atoms with E-state index < -0.39 is 0 Å². The molecule has 0 N–H and O–H groups in total. The zero-order chi connectivity index (χ0) is 15.2. The zero-order valence-corrected chi connectivity index (χ0v) is 13.4. The molecule has 0 spiro atoms. The number of aryl methyl sites for hydroxylation is 1. The van der Waals surface area contributed by atoms with Crippen LogP contribution in [-0.2, 0) is 13.0 Å². The molecule has 114 valence electrons. The fraction of sp³-hybridized carbons (Fsp3) is 0.333. The van der Waals surface area contributed by atoms with Crippen LogP contribution in [-0.4, -0.2) is 18.0 Å². The minimum Gasteiger partial charge on any atom is -0.298 e. The SMILES string of the molecule is CC1/C=C/c2ccccc2CCCN(Cc2ccccc2)C1. The van der Waals surface area contributed by atoms with Crippen LogP contribution < -0.4 is 0 Å². The van der Waals surface area contributed by atoms with Crippen molar-refractivity contribution in [2.45, 2.75) is 26.3 Å². The number of hydrogen-bond donors (Lipinski definition) is 0. The molecule has 1 unspecified atom stereocenters. The van der Waals surface area contributed by atoms with E-state index in [1.165, 1.54) is 36.1 Å². The molecule has 0 aliphatic carbocycles. The van der Waals surface area contributed by atoms with Crippen LogP contribution in [0.3, 0.4) is 0 Å². The average molecular weight is 291 g/mol. The highest BCUT2D eigenvalue weighted by atomic mass is 15.1. The van der Waals surface area contributed by atoms with Crippen molar-refractivity contribution in [2.75, 3.05) is 13.1 Å². The van der Waals surface area contributed by atoms with Crippen LogP contribution in [0.4, 0.5) is 0 Å². The second kappa shape index (κ2) is 7.42. The lowest BCUT2D eigenvalue weighted by Gasteiger charge is -2.26. The molecule has 0 saturated carbocycles. The second-order valence-corrected chi connectivity index (χ2v) is 6.36. The first kappa shape index (κ1) is 15.1. The van der Waals surface area contributed by atoms with Crippen molar-refractivity contribution in [3.05, 3.63) is 77.4 Å². The summed E-state index contributed by atoms with van der Waals surface area (Å²) in [5.41, 5.74) is 4.29. The van der Waals surface area contributed by atoms with Gasteiger partial charge < -0.3 is 0 Å². The summed E-state index contributed by atoms with van der Waals surface area (Å²) in [4.78, 5) is 2.60. The first-order valence-electron chi connectivity index (χ1n) is 8.33. The Morgan fingerprint density at radius 2 is 1.77 bits per heavy atom. The molecule has 1 atom stereocenters. The fourth-order valence-electron chi connectivity index (χ4n) is 3.23. The summed E-state index contributed by atoms with van der Waals surface area (Å²) in [6, 6.07) is 19.6. The molecule has 0 saturated heterocycles. The van der Waals surface area contributed by atoms with Crippen molar-refractivity contribution < 1.29 is 0 Å². The number of fused-ring (bicyclic) bond motifs is 1. The molecule has 1 aliphatic heterocycles. The third kappa shape index (κ3) is 4.08. The Morgan fingerprint density at radius 1 is 1.00 bits per heavy atom. The number of benzene rings is 2. The predicted octanol–water partition coefficient (Wildman–Crippen LogP) is 4.78. The van der Waals surface area contributed by atoms with Gasteiger partial charge in [0, 0.05) is 13.1 Å². The Morgan fingerprint density at radius 3 is 2.64 bits per heavy atom. The lowest BCUT2D eigenvalue weighted by Crippen LogP contribution is -2.29. The Kier molecular flexibility index (Phi) is 5.07. The first-order chi connectivity index (χ1) is 10.8. The van der Waals surface area contributed by atoms with Crippen LogP contribution in [0.5, 0.6) is 0 Å². The van der Waals surface area contributed by atoms with Gasteiger partial charge in [-0.25, -0.2) is 0 Å². The van der Waals surface area contributed by atoms with Gasteiger partial charge in [-0.1, -0.05) is 73.7 Å². The van der Waals surface area contributed by atoms with Gasteiger partial charge in [0.05, 0.1) is 0 Å². The van der Waals surface area contributed by atoms with E-state index >= 15 is 0 Å². The largest absolute Gasteiger partial charge is 0.298 e. The van der Waals surface area contributed by atoms with Gasteiger partial charge in [0.2, 0.25) is 0 Å². The van der Waals surface area contributed by atoms with Crippen LogP contribution in [0.15, 0.2) is 60.7 Å². The molecule has 1 heterocycles. The molecule has 0 aromatic heterocycles. The van der Waals surface area contributed by atoms with E-state index in [1.54, 1.807) is 0 Å². The van der Waals surface area contributed by atoms with Crippen molar-refractivity contribution in [2.24, 2.45) is 5.92 Å². The maximum Gasteiger partial charge on any atom is 0.0233 e. The standard InChI is InChI=1S/C21H25N/c1-18-13-14-21-11-6-5-10-20(21)12-7-15-22(16-18)17-19-8-3-2-4-9-19/h2-6,8-11,13-14,18H,7,12,15-17H2,1H3/b14-13+. The highest BCUT2D eigenvalue weighted by Gasteiger charge is 2.11. The topological polar surface area (TPSA) is 3.24 Å². The molecule has 2 aromatic rings. The van der Waals surface area contributed by atoms with E-state index in [9.17, 15) is 0 Å². The maximum atomic E-state index is 2.60. The first-order valence-corrected chi connectivity index (χ1v) is 8.33. The van der Waals surface area contributed by atoms with Crippen molar-refractivity contribution in [1.29, 1.82) is 0 Å². The number of nitrogens with zero attached hydrogens (tertiary/aromatic N) is 1. The summed E-state index contributed by atoms with van der Waals surface area (Å²) in [6.07, 6.45) is 7.07. The van der Waals surface area contributed by atoms with Crippen molar-refractivity contribution in [3.63, 3.8) is 0 Å². The second-order valence-electron chi connectivity index (χ2n) is 6.36. The minimum absolute atomic E-state index is 0.579. The normalized spacial score (nSPS) is 21.0. The highest BCUT2D eigenvalue weighted by Crippen LogP contribution is 2.18. The molecule has 0 amide bonds. The monoisotopic (exact) mass is 291 g/mol. The van der Waals surface area contributed by atoms with Gasteiger partial charge in [-0.2, -0.15) is 0 Å². The average Bonchev–Trinajstić information content (AvgIpc) is 2.54. The van der Waals surface area contributed by atoms with E-state index in [0.717, 1.165) is 13.1 Å². The molecule has 1 aliphatic rings. The van der Waals surface area contributed by atoms with Crippen molar-refractivity contribution in [1.82, 2.24) is 4.90 Å². The molecular weight excluding hydrogens is 266 g/mol. The lowest BCUT2D eigenvalue weighted by atomic mass is 9.99. The predicted molar refractivity (Wildman–Crippen MR) is 94.7 cm³/mol. The lowest BCUT2D eigenvalue weighted by molar-refractivity contribution is 0.242. The van der Waals surface area contributed by atoms with Crippen LogP contribution in [0.1, 0.15) is 30.0 Å². The van der Waals surface area contributed by atoms with Crippen molar-refractivity contribution in [3.8, 4) is 0 Å². The van der Waals surface area contributed by atoms with E-state index in [4.69, 9.17) is 0 Å². The summed E-state index contributed by atoms with van der Waals surface area (Å²) < 4.78 is 0. The molecule has 2 aromatic carbocycles. The van der Waals surface area contributed by atoms with E-state index in [1.807, 2.05) is 0 Å².